The Morgan fingerprint density at radius 3 is 2.71 bits per heavy atom. The highest BCUT2D eigenvalue weighted by Gasteiger charge is 2.22. The standard InChI is InChI=1S/C22H21BrF3N3O2/c1-11(14-4-3-5-15(20(14)24)21(25)26)27-22-16-8-19(31-13-6-7-30-10-13)17(23)9-18(16)28-12(2)29-22/h3-5,8-9,11,13,21H,6-7,10H2,1-2H3,(H,27,28,29)/t11-,13?/m1/s1. The molecule has 2 atom stereocenters. The van der Waals surface area contributed by atoms with Crippen LogP contribution >= 0.6 is 15.9 Å². The van der Waals surface area contributed by atoms with Gasteiger partial charge in [-0.05, 0) is 41.9 Å². The van der Waals surface area contributed by atoms with Gasteiger partial charge in [0.2, 0.25) is 0 Å². The number of nitrogens with zero attached hydrogens (tertiary/aromatic N) is 2. The summed E-state index contributed by atoms with van der Waals surface area (Å²) in [5, 5.41) is 3.84. The van der Waals surface area contributed by atoms with Crippen molar-refractivity contribution in [1.82, 2.24) is 9.97 Å². The third kappa shape index (κ3) is 4.62. The molecule has 0 bridgehead atoms. The molecule has 1 N–H and O–H groups in total. The van der Waals surface area contributed by atoms with E-state index in [2.05, 4.69) is 31.2 Å². The van der Waals surface area contributed by atoms with Crippen LogP contribution in [0.4, 0.5) is 19.0 Å². The van der Waals surface area contributed by atoms with Crippen molar-refractivity contribution in [3.05, 3.63) is 57.6 Å². The van der Waals surface area contributed by atoms with E-state index >= 15 is 0 Å². The smallest absolute Gasteiger partial charge is 0.266 e. The zero-order valence-electron chi connectivity index (χ0n) is 17.0. The molecule has 4 rings (SSSR count). The lowest BCUT2D eigenvalue weighted by molar-refractivity contribution is 0.141. The lowest BCUT2D eigenvalue weighted by Gasteiger charge is -2.19. The minimum atomic E-state index is -2.88. The van der Waals surface area contributed by atoms with Crippen LogP contribution in [0.5, 0.6) is 5.75 Å². The van der Waals surface area contributed by atoms with Gasteiger partial charge in [0, 0.05) is 17.4 Å². The molecular formula is C22H21BrF3N3O2. The van der Waals surface area contributed by atoms with Crippen LogP contribution in [-0.2, 0) is 4.74 Å². The maximum Gasteiger partial charge on any atom is 0.266 e. The molecular weight excluding hydrogens is 475 g/mol. The van der Waals surface area contributed by atoms with Gasteiger partial charge in [0.25, 0.3) is 6.43 Å². The summed E-state index contributed by atoms with van der Waals surface area (Å²) in [5.41, 5.74) is 0.193. The van der Waals surface area contributed by atoms with E-state index in [-0.39, 0.29) is 11.7 Å². The van der Waals surface area contributed by atoms with Crippen LogP contribution < -0.4 is 10.1 Å². The van der Waals surface area contributed by atoms with Crippen molar-refractivity contribution in [1.29, 1.82) is 0 Å². The summed E-state index contributed by atoms with van der Waals surface area (Å²) in [7, 11) is 0. The third-order valence-electron chi connectivity index (χ3n) is 5.16. The molecule has 31 heavy (non-hydrogen) atoms. The van der Waals surface area contributed by atoms with Crippen LogP contribution in [0.15, 0.2) is 34.8 Å². The molecule has 1 unspecified atom stereocenters. The van der Waals surface area contributed by atoms with Gasteiger partial charge in [0.1, 0.15) is 29.3 Å². The zero-order chi connectivity index (χ0) is 22.1. The number of benzene rings is 2. The highest BCUT2D eigenvalue weighted by atomic mass is 79.9. The summed E-state index contributed by atoms with van der Waals surface area (Å²) in [6.07, 6.45) is -2.12. The summed E-state index contributed by atoms with van der Waals surface area (Å²) in [6, 6.07) is 7.05. The molecule has 0 saturated carbocycles. The number of alkyl halides is 2. The molecule has 0 aliphatic carbocycles. The van der Waals surface area contributed by atoms with Gasteiger partial charge in [-0.25, -0.2) is 23.1 Å². The molecule has 1 aliphatic rings. The van der Waals surface area contributed by atoms with Gasteiger partial charge in [0.15, 0.2) is 0 Å². The van der Waals surface area contributed by atoms with Crippen LogP contribution in [0.25, 0.3) is 10.9 Å². The minimum Gasteiger partial charge on any atom is -0.487 e. The van der Waals surface area contributed by atoms with E-state index in [1.165, 1.54) is 12.1 Å². The Labute approximate surface area is 186 Å². The number of ether oxygens (including phenoxy) is 2. The number of hydrogen-bond acceptors (Lipinski definition) is 5. The first kappa shape index (κ1) is 21.8. The second-order valence-electron chi connectivity index (χ2n) is 7.44. The number of aromatic nitrogens is 2. The molecule has 0 radical (unpaired) electrons. The zero-order valence-corrected chi connectivity index (χ0v) is 18.5. The number of rotatable bonds is 6. The monoisotopic (exact) mass is 495 g/mol. The molecule has 1 saturated heterocycles. The van der Waals surface area contributed by atoms with E-state index in [0.29, 0.717) is 41.5 Å². The van der Waals surface area contributed by atoms with Gasteiger partial charge in [-0.15, -0.1) is 0 Å². The predicted molar refractivity (Wildman–Crippen MR) is 115 cm³/mol. The fraction of sp³-hybridized carbons (Fsp3) is 0.364. The fourth-order valence-corrected chi connectivity index (χ4v) is 4.01. The summed E-state index contributed by atoms with van der Waals surface area (Å²) in [5.74, 6) is 0.697. The quantitative estimate of drug-likeness (QED) is 0.446. The van der Waals surface area contributed by atoms with E-state index in [0.717, 1.165) is 17.0 Å². The van der Waals surface area contributed by atoms with Crippen molar-refractivity contribution in [2.75, 3.05) is 18.5 Å². The molecule has 5 nitrogen and oxygen atoms in total. The molecule has 0 spiro atoms. The average Bonchev–Trinajstić information content (AvgIpc) is 3.22. The van der Waals surface area contributed by atoms with Crippen molar-refractivity contribution >= 4 is 32.7 Å². The van der Waals surface area contributed by atoms with Crippen molar-refractivity contribution in [2.24, 2.45) is 0 Å². The lowest BCUT2D eigenvalue weighted by atomic mass is 10.0. The largest absolute Gasteiger partial charge is 0.487 e. The molecule has 1 fully saturated rings. The van der Waals surface area contributed by atoms with Crippen LogP contribution in [0, 0.1) is 12.7 Å². The van der Waals surface area contributed by atoms with Crippen molar-refractivity contribution in [3.8, 4) is 5.75 Å². The Bertz CT molecular complexity index is 1110. The Morgan fingerprint density at radius 2 is 2.00 bits per heavy atom. The van der Waals surface area contributed by atoms with Crippen molar-refractivity contribution in [3.63, 3.8) is 0 Å². The summed E-state index contributed by atoms with van der Waals surface area (Å²) in [4.78, 5) is 8.94. The fourth-order valence-electron chi connectivity index (χ4n) is 3.59. The number of halogens is 4. The van der Waals surface area contributed by atoms with E-state index in [9.17, 15) is 13.2 Å². The molecule has 2 heterocycles. The number of anilines is 1. The first-order chi connectivity index (χ1) is 14.8. The van der Waals surface area contributed by atoms with Gasteiger partial charge in [-0.2, -0.15) is 0 Å². The van der Waals surface area contributed by atoms with E-state index < -0.39 is 23.8 Å². The van der Waals surface area contributed by atoms with Gasteiger partial charge in [0.05, 0.1) is 34.8 Å². The average molecular weight is 496 g/mol. The number of nitrogens with one attached hydrogen (secondary N) is 1. The second kappa shape index (κ2) is 9.00. The van der Waals surface area contributed by atoms with Crippen LogP contribution in [0.1, 0.15) is 42.8 Å². The topological polar surface area (TPSA) is 56.3 Å². The van der Waals surface area contributed by atoms with E-state index in [4.69, 9.17) is 9.47 Å². The highest BCUT2D eigenvalue weighted by Crippen LogP contribution is 2.35. The maximum atomic E-state index is 14.6. The Hall–Kier alpha value is -2.39. The first-order valence-corrected chi connectivity index (χ1v) is 10.7. The Morgan fingerprint density at radius 1 is 1.23 bits per heavy atom. The second-order valence-corrected chi connectivity index (χ2v) is 8.29. The van der Waals surface area contributed by atoms with Crippen LogP contribution in [0.3, 0.4) is 0 Å². The normalized spacial score (nSPS) is 17.3. The van der Waals surface area contributed by atoms with E-state index in [1.807, 2.05) is 12.1 Å². The number of hydrogen-bond donors (Lipinski definition) is 1. The van der Waals surface area contributed by atoms with Gasteiger partial charge < -0.3 is 14.8 Å². The molecule has 1 aliphatic heterocycles. The van der Waals surface area contributed by atoms with Crippen molar-refractivity contribution < 1.29 is 22.6 Å². The number of aryl methyl sites for hydroxylation is 1. The number of fused-ring (bicyclic) bond motifs is 1. The first-order valence-electron chi connectivity index (χ1n) is 9.88. The summed E-state index contributed by atoms with van der Waals surface area (Å²) < 4.78 is 53.0. The maximum absolute atomic E-state index is 14.6. The van der Waals surface area contributed by atoms with Crippen LogP contribution in [-0.4, -0.2) is 29.3 Å². The lowest BCUT2D eigenvalue weighted by Crippen LogP contribution is -2.16. The SMILES string of the molecule is Cc1nc(N[C@H](C)c2cccc(C(F)F)c2F)c2cc(OC3CCOC3)c(Br)cc2n1. The summed E-state index contributed by atoms with van der Waals surface area (Å²) >= 11 is 3.53. The van der Waals surface area contributed by atoms with Gasteiger partial charge >= 0.3 is 0 Å². The Balaban J connectivity index is 1.70. The highest BCUT2D eigenvalue weighted by molar-refractivity contribution is 9.10. The van der Waals surface area contributed by atoms with Gasteiger partial charge in [-0.1, -0.05) is 18.2 Å². The molecule has 1 aromatic heterocycles. The third-order valence-corrected chi connectivity index (χ3v) is 5.78. The molecule has 2 aromatic carbocycles. The molecule has 9 heteroatoms. The van der Waals surface area contributed by atoms with Crippen LogP contribution in [0.2, 0.25) is 0 Å². The van der Waals surface area contributed by atoms with Crippen molar-refractivity contribution in [2.45, 2.75) is 38.8 Å². The molecule has 0 amide bonds. The predicted octanol–water partition coefficient (Wildman–Crippen LogP) is 6.12. The van der Waals surface area contributed by atoms with Gasteiger partial charge in [-0.3, -0.25) is 0 Å². The Kier molecular flexibility index (Phi) is 6.34. The summed E-state index contributed by atoms with van der Waals surface area (Å²) in [6.45, 7) is 4.63. The minimum absolute atomic E-state index is 0.0402. The molecule has 164 valence electrons. The van der Waals surface area contributed by atoms with E-state index in [1.54, 1.807) is 13.8 Å². The molecule has 3 aromatic rings.